The van der Waals surface area contributed by atoms with Crippen LogP contribution in [0.3, 0.4) is 0 Å². The Morgan fingerprint density at radius 2 is 1.41 bits per heavy atom. The van der Waals surface area contributed by atoms with Gasteiger partial charge < -0.3 is 51.5 Å². The van der Waals surface area contributed by atoms with Crippen molar-refractivity contribution in [3.63, 3.8) is 0 Å². The van der Waals surface area contributed by atoms with Crippen molar-refractivity contribution in [3.05, 3.63) is 47.5 Å². The smallest absolute Gasteiger partial charge is 0.326 e. The highest BCUT2D eigenvalue weighted by atomic mass is 16.4. The molecule has 0 spiro atoms. The van der Waals surface area contributed by atoms with E-state index in [1.54, 1.807) is 0 Å². The van der Waals surface area contributed by atoms with Gasteiger partial charge in [-0.2, -0.15) is 0 Å². The lowest BCUT2D eigenvalue weighted by atomic mass is 9.94. The van der Waals surface area contributed by atoms with Crippen LogP contribution in [0.4, 0.5) is 0 Å². The van der Waals surface area contributed by atoms with Crippen molar-refractivity contribution in [3.8, 4) is 22.6 Å². The minimum Gasteiger partial charge on any atom is -0.507 e. The van der Waals surface area contributed by atoms with E-state index in [0.29, 0.717) is 12.0 Å². The van der Waals surface area contributed by atoms with Gasteiger partial charge in [-0.05, 0) is 55.7 Å². The molecule has 6 amide bonds. The molecule has 17 heteroatoms. The number of hydrogen-bond donors (Lipinski definition) is 8. The number of aliphatic hydroxyl groups is 1. The minimum absolute atomic E-state index is 0.00784. The number of nitrogens with zero attached hydrogens (tertiary/aromatic N) is 2. The number of benzene rings is 2. The van der Waals surface area contributed by atoms with Crippen molar-refractivity contribution < 1.29 is 54.0 Å². The van der Waals surface area contributed by atoms with Crippen LogP contribution in [0.15, 0.2) is 36.4 Å². The Morgan fingerprint density at radius 1 is 0.828 bits per heavy atom. The number of nitrogens with one attached hydrogen (secondary N) is 4. The predicted octanol–water partition coefficient (Wildman–Crippen LogP) is 3.96. The fourth-order valence-corrected chi connectivity index (χ4v) is 8.24. The first-order valence-electron chi connectivity index (χ1n) is 22.8. The average molecular weight is 893 g/mol. The van der Waals surface area contributed by atoms with Crippen molar-refractivity contribution in [2.75, 3.05) is 20.1 Å². The molecule has 2 aromatic carbocycles. The van der Waals surface area contributed by atoms with E-state index in [4.69, 9.17) is 0 Å². The molecule has 6 atom stereocenters. The normalized spacial score (nSPS) is 20.3. The number of fused-ring (bicyclic) bond motifs is 5. The second-order valence-corrected chi connectivity index (χ2v) is 17.3. The van der Waals surface area contributed by atoms with E-state index in [1.165, 1.54) is 120 Å². The maximum absolute atomic E-state index is 13.9. The van der Waals surface area contributed by atoms with Gasteiger partial charge in [-0.15, -0.1) is 0 Å². The Morgan fingerprint density at radius 3 is 2.02 bits per heavy atom. The standard InChI is InChI=1S/C47H68N6O11/c1-5-6-7-8-9-10-11-12-13-14-15-16-17-18-40(57)53-28-33(54)26-37(53)45(61)49-29(2)43(59)48-27-41(58)52(4)42-32-20-22-39(56)35(25-32)34-23-31(19-21-38(34)55)24-36(47(63)64)51-44(60)30(3)50-46(42)62/h19-23,25,29-30,33,36-37,42,54-56H,5-18,24,26-28H2,1-4H3,(H,48,59)(H,49,61)(H,50,62)(H,51,60)(H,63,64)/t29-,30+,33?,36+,37-,42+/m1/s1. The van der Waals surface area contributed by atoms with Gasteiger partial charge in [-0.25, -0.2) is 4.79 Å². The predicted molar refractivity (Wildman–Crippen MR) is 239 cm³/mol. The maximum atomic E-state index is 13.9. The molecule has 0 radical (unpaired) electrons. The van der Waals surface area contributed by atoms with Crippen LogP contribution in [0.2, 0.25) is 0 Å². The van der Waals surface area contributed by atoms with Crippen LogP contribution in [0.25, 0.3) is 11.1 Å². The van der Waals surface area contributed by atoms with Crippen molar-refractivity contribution in [2.24, 2.45) is 0 Å². The number of carboxylic acids is 1. The van der Waals surface area contributed by atoms with E-state index in [-0.39, 0.29) is 59.9 Å². The molecule has 4 rings (SSSR count). The monoisotopic (exact) mass is 892 g/mol. The highest BCUT2D eigenvalue weighted by Gasteiger charge is 2.39. The summed E-state index contributed by atoms with van der Waals surface area (Å²) in [5, 5.41) is 51.9. The lowest BCUT2D eigenvalue weighted by molar-refractivity contribution is -0.143. The zero-order valence-corrected chi connectivity index (χ0v) is 37.7. The molecule has 0 aliphatic carbocycles. The first-order chi connectivity index (χ1) is 30.5. The largest absolute Gasteiger partial charge is 0.507 e. The number of likely N-dealkylation sites (N-methyl/N-ethyl adjacent to an activating group) is 1. The number of aromatic hydroxyl groups is 2. The van der Waals surface area contributed by atoms with Crippen LogP contribution in [0.1, 0.15) is 134 Å². The summed E-state index contributed by atoms with van der Waals surface area (Å²) in [5.74, 6) is -5.93. The topological polar surface area (TPSA) is 255 Å². The van der Waals surface area contributed by atoms with Crippen LogP contribution >= 0.6 is 0 Å². The van der Waals surface area contributed by atoms with E-state index in [0.717, 1.165) is 24.2 Å². The average Bonchev–Trinajstić information content (AvgIpc) is 3.66. The summed E-state index contributed by atoms with van der Waals surface area (Å²) in [5.41, 5.74) is 0.751. The molecule has 4 bridgehead atoms. The quantitative estimate of drug-likeness (QED) is 0.0833. The fourth-order valence-electron chi connectivity index (χ4n) is 8.24. The molecular formula is C47H68N6O11. The molecule has 17 nitrogen and oxygen atoms in total. The van der Waals surface area contributed by atoms with E-state index in [9.17, 15) is 54.0 Å². The Labute approximate surface area is 375 Å². The summed E-state index contributed by atoms with van der Waals surface area (Å²) in [4.78, 5) is 94.9. The van der Waals surface area contributed by atoms with Crippen molar-refractivity contribution in [1.82, 2.24) is 31.1 Å². The number of carboxylic acid groups (broad SMARTS) is 1. The summed E-state index contributed by atoms with van der Waals surface area (Å²) in [6.45, 7) is 4.35. The van der Waals surface area contributed by atoms with Crippen molar-refractivity contribution in [1.29, 1.82) is 0 Å². The third kappa shape index (κ3) is 14.7. The van der Waals surface area contributed by atoms with Gasteiger partial charge in [0.15, 0.2) is 0 Å². The molecule has 1 saturated heterocycles. The zero-order valence-electron chi connectivity index (χ0n) is 37.7. The number of carbonyl (C=O) groups is 7. The van der Waals surface area contributed by atoms with Crippen LogP contribution in [0, 0.1) is 0 Å². The Hall–Kier alpha value is -5.71. The number of aliphatic hydroxyl groups excluding tert-OH is 1. The van der Waals surface area contributed by atoms with Gasteiger partial charge in [-0.3, -0.25) is 28.8 Å². The lowest BCUT2D eigenvalue weighted by Gasteiger charge is -2.30. The number of phenols is 2. The van der Waals surface area contributed by atoms with Crippen molar-refractivity contribution >= 4 is 41.4 Å². The Balaban J connectivity index is 1.34. The molecule has 352 valence electrons. The number of aliphatic carboxylic acids is 1. The van der Waals surface area contributed by atoms with E-state index in [2.05, 4.69) is 28.2 Å². The Kier molecular flexibility index (Phi) is 19.9. The third-order valence-corrected chi connectivity index (χ3v) is 12.1. The molecule has 64 heavy (non-hydrogen) atoms. The molecule has 8 N–H and O–H groups in total. The number of phenolic OH excluding ortho intramolecular Hbond substituents is 2. The summed E-state index contributed by atoms with van der Waals surface area (Å²) in [6.07, 6.45) is 14.4. The van der Waals surface area contributed by atoms with Crippen molar-refractivity contribution in [2.45, 2.75) is 160 Å². The SMILES string of the molecule is CCCCCCCCCCCCCCCC(=O)N1CC(O)C[C@@H]1C(=O)N[C@H](C)C(=O)NCC(=O)N(C)[C@@H]1C(=O)N[C@@H](C)C(=O)N[C@H](C(=O)O)Cc2ccc(O)c(c2)-c2cc1ccc2O. The number of β-amino-alcohol motifs (C(OH)–C–C–N with tert-alkyl or cyclic N) is 1. The van der Waals surface area contributed by atoms with E-state index >= 15 is 0 Å². The summed E-state index contributed by atoms with van der Waals surface area (Å²) in [6, 6.07) is 2.02. The number of unbranched alkanes of at least 4 members (excludes halogenated alkanes) is 12. The van der Waals surface area contributed by atoms with Gasteiger partial charge in [0.05, 0.1) is 12.6 Å². The molecular weight excluding hydrogens is 825 g/mol. The van der Waals surface area contributed by atoms with Gasteiger partial charge in [0, 0.05) is 44.0 Å². The lowest BCUT2D eigenvalue weighted by Crippen LogP contribution is -2.54. The molecule has 2 heterocycles. The molecule has 1 unspecified atom stereocenters. The maximum Gasteiger partial charge on any atom is 0.326 e. The van der Waals surface area contributed by atoms with Crippen LogP contribution < -0.4 is 21.3 Å². The number of hydrogen-bond acceptors (Lipinski definition) is 10. The number of carbonyl (C=O) groups excluding carboxylic acids is 6. The second-order valence-electron chi connectivity index (χ2n) is 17.3. The zero-order chi connectivity index (χ0) is 46.9. The first kappa shape index (κ1) is 50.9. The molecule has 1 fully saturated rings. The van der Waals surface area contributed by atoms with Gasteiger partial charge in [0.25, 0.3) is 0 Å². The summed E-state index contributed by atoms with van der Waals surface area (Å²) in [7, 11) is 1.29. The summed E-state index contributed by atoms with van der Waals surface area (Å²) >= 11 is 0. The first-order valence-corrected chi connectivity index (χ1v) is 22.8. The number of likely N-dealkylation sites (tertiary alicyclic amines) is 1. The van der Waals surface area contributed by atoms with Gasteiger partial charge in [0.2, 0.25) is 35.4 Å². The minimum atomic E-state index is -1.46. The second kappa shape index (κ2) is 25.0. The van der Waals surface area contributed by atoms with Crippen LogP contribution in [-0.2, 0) is 40.0 Å². The molecule has 2 aliphatic rings. The van der Waals surface area contributed by atoms with Gasteiger partial charge in [-0.1, -0.05) is 96.1 Å². The van der Waals surface area contributed by atoms with Crippen LogP contribution in [0.5, 0.6) is 11.5 Å². The molecule has 2 aliphatic heterocycles. The van der Waals surface area contributed by atoms with Gasteiger partial charge in [0.1, 0.15) is 41.7 Å². The Bertz CT molecular complexity index is 1960. The molecule has 0 saturated carbocycles. The summed E-state index contributed by atoms with van der Waals surface area (Å²) < 4.78 is 0. The highest BCUT2D eigenvalue weighted by Crippen LogP contribution is 2.38. The molecule has 2 aromatic rings. The van der Waals surface area contributed by atoms with Gasteiger partial charge >= 0.3 is 5.97 Å². The van der Waals surface area contributed by atoms with E-state index in [1.807, 2.05) is 0 Å². The fraction of sp³-hybridized carbons (Fsp3) is 0.596. The molecule has 0 aromatic heterocycles. The van der Waals surface area contributed by atoms with Crippen LogP contribution in [-0.4, -0.2) is 122 Å². The number of rotatable bonds is 21. The number of amides is 6. The third-order valence-electron chi connectivity index (χ3n) is 12.1. The highest BCUT2D eigenvalue weighted by molar-refractivity contribution is 5.96. The van der Waals surface area contributed by atoms with E-state index < -0.39 is 78.4 Å².